The Bertz CT molecular complexity index is 936. The molecule has 0 spiro atoms. The summed E-state index contributed by atoms with van der Waals surface area (Å²) in [6, 6.07) is 6.57. The van der Waals surface area contributed by atoms with Crippen LogP contribution in [0.25, 0.3) is 0 Å². The number of para-hydroxylation sites is 1. The number of benzene rings is 1. The normalized spacial score (nSPS) is 28.7. The van der Waals surface area contributed by atoms with Crippen LogP contribution in [0.4, 0.5) is 4.39 Å². The predicted octanol–water partition coefficient (Wildman–Crippen LogP) is 4.40. The SMILES string of the molecule is C[C@H]([C@@H]1C[C@H]2CC[C@H]1C2)n1c(COc2ccccc2F)nnc1S[C@H]1CCOC1=O. The molecule has 2 bridgehead atoms. The Morgan fingerprint density at radius 3 is 2.83 bits per heavy atom. The standard InChI is InChI=1S/C22H26FN3O3S/c1-13(16-11-14-6-7-15(16)10-14)26-20(12-29-18-5-3-2-4-17(18)23)24-25-22(26)30-19-8-9-28-21(19)27/h2-5,13-16,19H,6-12H2,1H3/t13-,14+,15+,16+,19+/m1/s1. The lowest BCUT2D eigenvalue weighted by Crippen LogP contribution is -2.25. The average Bonchev–Trinajstić information content (AvgIpc) is 3.53. The Hall–Kier alpha value is -2.09. The van der Waals surface area contributed by atoms with Gasteiger partial charge in [0.05, 0.1) is 6.61 Å². The first-order valence-corrected chi connectivity index (χ1v) is 11.6. The van der Waals surface area contributed by atoms with Crippen LogP contribution in [0.5, 0.6) is 5.75 Å². The van der Waals surface area contributed by atoms with Crippen LogP contribution in [0.1, 0.15) is 50.9 Å². The third-order valence-corrected chi connectivity index (χ3v) is 8.09. The van der Waals surface area contributed by atoms with Crippen molar-refractivity contribution in [3.05, 3.63) is 35.9 Å². The summed E-state index contributed by atoms with van der Waals surface area (Å²) in [5.41, 5.74) is 0. The van der Waals surface area contributed by atoms with Crippen molar-refractivity contribution >= 4 is 17.7 Å². The van der Waals surface area contributed by atoms with Crippen molar-refractivity contribution in [3.63, 3.8) is 0 Å². The van der Waals surface area contributed by atoms with E-state index in [0.717, 1.165) is 17.0 Å². The van der Waals surface area contributed by atoms with Crippen molar-refractivity contribution < 1.29 is 18.7 Å². The number of halogens is 1. The highest BCUT2D eigenvalue weighted by molar-refractivity contribution is 8.00. The van der Waals surface area contributed by atoms with Gasteiger partial charge in [0.25, 0.3) is 0 Å². The van der Waals surface area contributed by atoms with Gasteiger partial charge in [-0.2, -0.15) is 0 Å². The first-order valence-electron chi connectivity index (χ1n) is 10.7. The van der Waals surface area contributed by atoms with Crippen molar-refractivity contribution in [2.75, 3.05) is 6.61 Å². The molecule has 30 heavy (non-hydrogen) atoms. The minimum absolute atomic E-state index is 0.134. The van der Waals surface area contributed by atoms with Crippen LogP contribution in [0.3, 0.4) is 0 Å². The zero-order valence-electron chi connectivity index (χ0n) is 17.0. The second-order valence-corrected chi connectivity index (χ2v) is 9.80. The van der Waals surface area contributed by atoms with Crippen molar-refractivity contribution in [1.29, 1.82) is 0 Å². The molecule has 5 atom stereocenters. The van der Waals surface area contributed by atoms with E-state index in [1.165, 1.54) is 43.5 Å². The number of cyclic esters (lactones) is 1. The van der Waals surface area contributed by atoms with Crippen LogP contribution >= 0.6 is 11.8 Å². The van der Waals surface area contributed by atoms with Crippen LogP contribution in [-0.4, -0.2) is 32.6 Å². The van der Waals surface area contributed by atoms with Gasteiger partial charge in [-0.15, -0.1) is 10.2 Å². The van der Waals surface area contributed by atoms with Crippen LogP contribution in [-0.2, 0) is 16.1 Å². The van der Waals surface area contributed by atoms with Gasteiger partial charge in [0.1, 0.15) is 11.9 Å². The number of carbonyl (C=O) groups excluding carboxylic acids is 1. The molecule has 1 aliphatic heterocycles. The maximum Gasteiger partial charge on any atom is 0.319 e. The van der Waals surface area contributed by atoms with E-state index in [4.69, 9.17) is 9.47 Å². The third kappa shape index (κ3) is 3.70. The summed E-state index contributed by atoms with van der Waals surface area (Å²) in [7, 11) is 0. The first-order chi connectivity index (χ1) is 14.6. The Labute approximate surface area is 179 Å². The molecular weight excluding hydrogens is 405 g/mol. The fourth-order valence-electron chi connectivity index (χ4n) is 5.39. The quantitative estimate of drug-likeness (QED) is 0.606. The fraction of sp³-hybridized carbons (Fsp3) is 0.591. The molecule has 2 aromatic rings. The van der Waals surface area contributed by atoms with Gasteiger partial charge in [0.15, 0.2) is 22.5 Å². The molecule has 0 N–H and O–H groups in total. The number of aromatic nitrogens is 3. The van der Waals surface area contributed by atoms with Crippen molar-refractivity contribution in [2.24, 2.45) is 17.8 Å². The van der Waals surface area contributed by atoms with Gasteiger partial charge >= 0.3 is 5.97 Å². The molecule has 1 aromatic heterocycles. The maximum atomic E-state index is 14.0. The lowest BCUT2D eigenvalue weighted by molar-refractivity contribution is -0.137. The smallest absolute Gasteiger partial charge is 0.319 e. The van der Waals surface area contributed by atoms with E-state index >= 15 is 0 Å². The Balaban J connectivity index is 1.41. The van der Waals surface area contributed by atoms with E-state index in [2.05, 4.69) is 21.7 Å². The van der Waals surface area contributed by atoms with Crippen molar-refractivity contribution in [1.82, 2.24) is 14.8 Å². The number of rotatable bonds is 7. The van der Waals surface area contributed by atoms with E-state index in [1.807, 2.05) is 0 Å². The van der Waals surface area contributed by atoms with Gasteiger partial charge < -0.3 is 9.47 Å². The van der Waals surface area contributed by atoms with E-state index in [-0.39, 0.29) is 29.6 Å². The zero-order chi connectivity index (χ0) is 20.7. The molecule has 1 aromatic carbocycles. The van der Waals surface area contributed by atoms with E-state index in [1.54, 1.807) is 18.2 Å². The summed E-state index contributed by atoms with van der Waals surface area (Å²) >= 11 is 1.42. The second-order valence-electron chi connectivity index (χ2n) is 8.63. The minimum atomic E-state index is -0.395. The largest absolute Gasteiger partial charge is 0.483 e. The van der Waals surface area contributed by atoms with Gasteiger partial charge in [-0.3, -0.25) is 9.36 Å². The number of esters is 1. The lowest BCUT2D eigenvalue weighted by atomic mass is 9.84. The Morgan fingerprint density at radius 2 is 2.13 bits per heavy atom. The molecule has 2 heterocycles. The molecule has 2 aliphatic carbocycles. The summed E-state index contributed by atoms with van der Waals surface area (Å²) in [5, 5.41) is 9.25. The topological polar surface area (TPSA) is 66.2 Å². The number of carbonyl (C=O) groups is 1. The molecular formula is C22H26FN3O3S. The molecule has 2 saturated carbocycles. The summed E-state index contributed by atoms with van der Waals surface area (Å²) in [5.74, 6) is 2.43. The van der Waals surface area contributed by atoms with Gasteiger partial charge in [-0.1, -0.05) is 30.3 Å². The molecule has 6 nitrogen and oxygen atoms in total. The molecule has 0 radical (unpaired) electrons. The molecule has 3 aliphatic rings. The molecule has 8 heteroatoms. The summed E-state index contributed by atoms with van der Waals surface area (Å²) < 4.78 is 27.0. The van der Waals surface area contributed by atoms with Gasteiger partial charge in [-0.25, -0.2) is 4.39 Å². The Morgan fingerprint density at radius 1 is 1.27 bits per heavy atom. The number of hydrogen-bond acceptors (Lipinski definition) is 6. The molecule has 0 amide bonds. The minimum Gasteiger partial charge on any atom is -0.483 e. The van der Waals surface area contributed by atoms with E-state index < -0.39 is 5.82 Å². The molecule has 3 fully saturated rings. The molecule has 1 saturated heterocycles. The average molecular weight is 432 g/mol. The monoisotopic (exact) mass is 431 g/mol. The highest BCUT2D eigenvalue weighted by Gasteiger charge is 2.43. The van der Waals surface area contributed by atoms with Crippen LogP contribution in [0.15, 0.2) is 29.4 Å². The van der Waals surface area contributed by atoms with E-state index in [9.17, 15) is 9.18 Å². The lowest BCUT2D eigenvalue weighted by Gasteiger charge is -2.30. The van der Waals surface area contributed by atoms with Crippen LogP contribution < -0.4 is 4.74 Å². The van der Waals surface area contributed by atoms with Crippen molar-refractivity contribution in [3.8, 4) is 5.75 Å². The van der Waals surface area contributed by atoms with Gasteiger partial charge in [0.2, 0.25) is 0 Å². The highest BCUT2D eigenvalue weighted by Crippen LogP contribution is 2.52. The van der Waals surface area contributed by atoms with E-state index in [0.29, 0.717) is 24.8 Å². The van der Waals surface area contributed by atoms with Crippen LogP contribution in [0.2, 0.25) is 0 Å². The Kier molecular flexibility index (Phi) is 5.43. The number of nitrogens with zero attached hydrogens (tertiary/aromatic N) is 3. The number of hydrogen-bond donors (Lipinski definition) is 0. The van der Waals surface area contributed by atoms with Crippen LogP contribution in [0, 0.1) is 23.6 Å². The summed E-state index contributed by atoms with van der Waals surface area (Å²) in [4.78, 5) is 12.0. The maximum absolute atomic E-state index is 14.0. The van der Waals surface area contributed by atoms with Gasteiger partial charge in [0, 0.05) is 12.5 Å². The second kappa shape index (κ2) is 8.21. The number of ether oxygens (including phenoxy) is 2. The molecule has 0 unspecified atom stereocenters. The third-order valence-electron chi connectivity index (χ3n) is 6.88. The highest BCUT2D eigenvalue weighted by atomic mass is 32.2. The van der Waals surface area contributed by atoms with Gasteiger partial charge in [-0.05, 0) is 56.1 Å². The summed E-state index contributed by atoms with van der Waals surface area (Å²) in [6.45, 7) is 2.81. The fourth-order valence-corrected chi connectivity index (χ4v) is 6.49. The first kappa shape index (κ1) is 19.8. The predicted molar refractivity (Wildman–Crippen MR) is 110 cm³/mol. The summed E-state index contributed by atoms with van der Waals surface area (Å²) in [6.07, 6.45) is 5.86. The van der Waals surface area contributed by atoms with Crippen molar-refractivity contribution in [2.45, 2.75) is 62.1 Å². The number of thioether (sulfide) groups is 1. The molecule has 5 rings (SSSR count). The zero-order valence-corrected chi connectivity index (χ0v) is 17.8. The molecule has 160 valence electrons. The number of fused-ring (bicyclic) bond motifs is 2.